The highest BCUT2D eigenvalue weighted by atomic mass is 32.1. The van der Waals surface area contributed by atoms with E-state index in [4.69, 9.17) is 23.9 Å². The van der Waals surface area contributed by atoms with Crippen molar-refractivity contribution in [3.63, 3.8) is 0 Å². The number of hydrogen-bond donors (Lipinski definition) is 1. The van der Waals surface area contributed by atoms with Crippen LogP contribution >= 0.6 is 11.3 Å². The van der Waals surface area contributed by atoms with Gasteiger partial charge in [-0.2, -0.15) is 0 Å². The monoisotopic (exact) mass is 577 g/mol. The number of allylic oxidation sites excluding steroid dienone is 1. The number of carbonyl (C=O) groups excluding carboxylic acids is 2. The minimum atomic E-state index is -0.790. The van der Waals surface area contributed by atoms with Crippen LogP contribution in [-0.2, 0) is 19.1 Å². The number of methoxy groups -OCH3 is 2. The molecule has 2 aromatic carbocycles. The molecule has 2 unspecified atom stereocenters. The van der Waals surface area contributed by atoms with Crippen LogP contribution in [0, 0.1) is 12.8 Å². The number of hydrogen-bond acceptors (Lipinski definition) is 10. The molecule has 2 heterocycles. The SMILES string of the molecule is CCOC(=O)C1=C(C)N=C(C)C(C(=O)OCC)C1c1ccccc1Nc1nc(-c2ccc(OC)c(OC)c2)c(C)s1. The molecule has 0 fully saturated rings. The van der Waals surface area contributed by atoms with E-state index in [0.717, 1.165) is 21.7 Å². The molecule has 0 amide bonds. The van der Waals surface area contributed by atoms with Gasteiger partial charge in [0.25, 0.3) is 0 Å². The van der Waals surface area contributed by atoms with E-state index < -0.39 is 23.8 Å². The molecule has 0 bridgehead atoms. The molecule has 0 aliphatic carbocycles. The molecule has 1 aliphatic heterocycles. The minimum Gasteiger partial charge on any atom is -0.493 e. The van der Waals surface area contributed by atoms with Gasteiger partial charge in [0.15, 0.2) is 16.6 Å². The number of benzene rings is 2. The fourth-order valence-electron chi connectivity index (χ4n) is 5.08. The second kappa shape index (κ2) is 13.0. The number of anilines is 2. The highest BCUT2D eigenvalue weighted by Gasteiger charge is 2.43. The molecule has 3 aromatic rings. The van der Waals surface area contributed by atoms with Gasteiger partial charge in [0.1, 0.15) is 5.92 Å². The molecule has 10 heteroatoms. The van der Waals surface area contributed by atoms with Crippen molar-refractivity contribution in [2.45, 2.75) is 40.5 Å². The molecule has 0 spiro atoms. The quantitative estimate of drug-likeness (QED) is 0.274. The minimum absolute atomic E-state index is 0.201. The van der Waals surface area contributed by atoms with E-state index >= 15 is 0 Å². The molecule has 0 saturated carbocycles. The zero-order valence-electron chi connectivity index (χ0n) is 24.4. The normalized spacial score (nSPS) is 16.6. The van der Waals surface area contributed by atoms with E-state index in [-0.39, 0.29) is 13.2 Å². The summed E-state index contributed by atoms with van der Waals surface area (Å²) in [5.74, 6) is -1.15. The molecule has 1 aliphatic rings. The topological polar surface area (TPSA) is 108 Å². The van der Waals surface area contributed by atoms with Crippen LogP contribution in [0.3, 0.4) is 0 Å². The van der Waals surface area contributed by atoms with E-state index in [2.05, 4.69) is 10.3 Å². The van der Waals surface area contributed by atoms with Crippen molar-refractivity contribution in [1.82, 2.24) is 4.98 Å². The van der Waals surface area contributed by atoms with Crippen molar-refractivity contribution >= 4 is 39.8 Å². The third kappa shape index (κ3) is 6.12. The number of aryl methyl sites for hydroxylation is 1. The zero-order valence-corrected chi connectivity index (χ0v) is 25.2. The van der Waals surface area contributed by atoms with Crippen molar-refractivity contribution in [3.8, 4) is 22.8 Å². The van der Waals surface area contributed by atoms with Crippen molar-refractivity contribution in [1.29, 1.82) is 0 Å². The van der Waals surface area contributed by atoms with E-state index in [9.17, 15) is 9.59 Å². The first-order valence-electron chi connectivity index (χ1n) is 13.4. The lowest BCUT2D eigenvalue weighted by Crippen LogP contribution is -2.36. The summed E-state index contributed by atoms with van der Waals surface area (Å²) in [5, 5.41) is 4.11. The van der Waals surface area contributed by atoms with E-state index in [1.54, 1.807) is 41.9 Å². The van der Waals surface area contributed by atoms with Crippen LogP contribution in [0.15, 0.2) is 58.7 Å². The fourth-order valence-corrected chi connectivity index (χ4v) is 5.93. The lowest BCUT2D eigenvalue weighted by atomic mass is 9.75. The van der Waals surface area contributed by atoms with Gasteiger partial charge in [-0.1, -0.05) is 18.2 Å². The first-order chi connectivity index (χ1) is 19.7. The van der Waals surface area contributed by atoms with E-state index in [1.807, 2.05) is 49.4 Å². The summed E-state index contributed by atoms with van der Waals surface area (Å²) >= 11 is 1.50. The van der Waals surface area contributed by atoms with Crippen molar-refractivity contribution in [2.75, 3.05) is 32.8 Å². The number of nitrogens with zero attached hydrogens (tertiary/aromatic N) is 2. The predicted molar refractivity (Wildman–Crippen MR) is 160 cm³/mol. The van der Waals surface area contributed by atoms with Crippen LogP contribution in [0.5, 0.6) is 11.5 Å². The van der Waals surface area contributed by atoms with E-state index in [0.29, 0.717) is 39.3 Å². The van der Waals surface area contributed by atoms with Crippen molar-refractivity contribution in [2.24, 2.45) is 10.9 Å². The first-order valence-corrected chi connectivity index (χ1v) is 14.2. The maximum Gasteiger partial charge on any atom is 0.336 e. The summed E-state index contributed by atoms with van der Waals surface area (Å²) in [6.45, 7) is 9.47. The Hall–Kier alpha value is -4.18. The predicted octanol–water partition coefficient (Wildman–Crippen LogP) is 6.45. The Labute approximate surface area is 244 Å². The number of carbonyl (C=O) groups is 2. The summed E-state index contributed by atoms with van der Waals surface area (Å²) in [7, 11) is 3.20. The summed E-state index contributed by atoms with van der Waals surface area (Å²) in [4.78, 5) is 37.0. The third-order valence-electron chi connectivity index (χ3n) is 6.86. The van der Waals surface area contributed by atoms with Gasteiger partial charge >= 0.3 is 11.9 Å². The molecule has 1 N–H and O–H groups in total. The van der Waals surface area contributed by atoms with Crippen LogP contribution in [0.1, 0.15) is 44.1 Å². The Morgan fingerprint density at radius 3 is 2.34 bits per heavy atom. The average Bonchev–Trinajstić information content (AvgIpc) is 3.32. The lowest BCUT2D eigenvalue weighted by molar-refractivity contribution is -0.146. The molecular formula is C31H35N3O6S. The fraction of sp³-hybridized carbons (Fsp3) is 0.355. The van der Waals surface area contributed by atoms with Crippen LogP contribution in [0.25, 0.3) is 11.3 Å². The van der Waals surface area contributed by atoms with Crippen LogP contribution < -0.4 is 14.8 Å². The molecule has 9 nitrogen and oxygen atoms in total. The summed E-state index contributed by atoms with van der Waals surface area (Å²) in [5.41, 5.74) is 4.58. The van der Waals surface area contributed by atoms with Crippen LogP contribution in [0.4, 0.5) is 10.8 Å². The maximum absolute atomic E-state index is 13.3. The number of thiazole rings is 1. The lowest BCUT2D eigenvalue weighted by Gasteiger charge is -2.32. The molecule has 0 saturated heterocycles. The molecule has 41 heavy (non-hydrogen) atoms. The summed E-state index contributed by atoms with van der Waals surface area (Å²) in [6.07, 6.45) is 0. The van der Waals surface area contributed by atoms with Crippen LogP contribution in [-0.4, -0.2) is 50.1 Å². The Morgan fingerprint density at radius 1 is 0.951 bits per heavy atom. The standard InChI is InChI=1S/C31H35N3O6S/c1-8-39-29(35)25-17(3)32-18(4)26(30(36)40-9-2)27(25)21-12-10-11-13-22(21)33-31-34-28(19(5)41-31)20-14-15-23(37-6)24(16-20)38-7/h10-16,25,27H,8-9H2,1-7H3,(H,33,34). The maximum atomic E-state index is 13.3. The molecule has 0 radical (unpaired) electrons. The smallest absolute Gasteiger partial charge is 0.336 e. The Morgan fingerprint density at radius 2 is 1.66 bits per heavy atom. The Bertz CT molecular complexity index is 1510. The molecule has 216 valence electrons. The number of rotatable bonds is 10. The average molecular weight is 578 g/mol. The highest BCUT2D eigenvalue weighted by Crippen LogP contribution is 2.44. The Balaban J connectivity index is 1.78. The first kappa shape index (κ1) is 29.8. The van der Waals surface area contributed by atoms with Crippen LogP contribution in [0.2, 0.25) is 0 Å². The highest BCUT2D eigenvalue weighted by molar-refractivity contribution is 7.16. The van der Waals surface area contributed by atoms with Gasteiger partial charge in [-0.15, -0.1) is 11.3 Å². The van der Waals surface area contributed by atoms with Crippen molar-refractivity contribution < 1.29 is 28.5 Å². The number of aliphatic imine (C=N–C) groups is 1. The van der Waals surface area contributed by atoms with Gasteiger partial charge in [0.2, 0.25) is 0 Å². The second-order valence-electron chi connectivity index (χ2n) is 9.39. The number of nitrogens with one attached hydrogen (secondary N) is 1. The number of aromatic nitrogens is 1. The number of esters is 2. The number of para-hydroxylation sites is 1. The van der Waals surface area contributed by atoms with Gasteiger partial charge in [-0.25, -0.2) is 9.78 Å². The molecule has 4 rings (SSSR count). The largest absolute Gasteiger partial charge is 0.493 e. The van der Waals surface area contributed by atoms with Gasteiger partial charge in [0, 0.05) is 33.5 Å². The molecule has 2 atom stereocenters. The van der Waals surface area contributed by atoms with Gasteiger partial charge in [-0.3, -0.25) is 9.79 Å². The summed E-state index contributed by atoms with van der Waals surface area (Å²) in [6, 6.07) is 13.3. The van der Waals surface area contributed by atoms with Gasteiger partial charge in [-0.05, 0) is 64.4 Å². The Kier molecular flexibility index (Phi) is 9.44. The molecular weight excluding hydrogens is 542 g/mol. The third-order valence-corrected chi connectivity index (χ3v) is 7.74. The summed E-state index contributed by atoms with van der Waals surface area (Å²) < 4.78 is 21.7. The van der Waals surface area contributed by atoms with Crippen molar-refractivity contribution in [3.05, 3.63) is 64.2 Å². The molecule has 1 aromatic heterocycles. The van der Waals surface area contributed by atoms with Gasteiger partial charge in [0.05, 0.1) is 38.7 Å². The van der Waals surface area contributed by atoms with Gasteiger partial charge < -0.3 is 24.3 Å². The zero-order chi connectivity index (χ0) is 29.7. The van der Waals surface area contributed by atoms with E-state index in [1.165, 1.54) is 11.3 Å². The number of ether oxygens (including phenoxy) is 4. The second-order valence-corrected chi connectivity index (χ2v) is 10.6.